The number of carbonyl (C=O) groups excluding carboxylic acids is 3. The van der Waals surface area contributed by atoms with Crippen LogP contribution in [0.3, 0.4) is 0 Å². The zero-order valence-electron chi connectivity index (χ0n) is 21.8. The van der Waals surface area contributed by atoms with Crippen molar-refractivity contribution < 1.29 is 39.5 Å². The van der Waals surface area contributed by atoms with Gasteiger partial charge in [0, 0.05) is 11.5 Å². The molecule has 0 saturated carbocycles. The molecule has 2 aromatic carbocycles. The molecule has 0 heterocycles. The van der Waals surface area contributed by atoms with E-state index >= 15 is 0 Å². The van der Waals surface area contributed by atoms with Crippen molar-refractivity contribution in [2.45, 2.75) is 31.4 Å². The highest BCUT2D eigenvalue weighted by Gasteiger charge is 2.63. The number of aliphatic hydroxyl groups is 3. The molecule has 39 heavy (non-hydrogen) atoms. The minimum absolute atomic E-state index is 0.0258. The van der Waals surface area contributed by atoms with Crippen LogP contribution in [-0.4, -0.2) is 75.1 Å². The number of Topliss-reactive ketones (excluding diaryl/α,β-unsaturated/α-hetero) is 2. The molecular formula is C29H30N2O8. The van der Waals surface area contributed by atoms with E-state index in [2.05, 4.69) is 0 Å². The van der Waals surface area contributed by atoms with Gasteiger partial charge in [0.25, 0.3) is 5.91 Å². The van der Waals surface area contributed by atoms with Gasteiger partial charge in [0.15, 0.2) is 11.4 Å². The molecule has 0 radical (unpaired) electrons. The summed E-state index contributed by atoms with van der Waals surface area (Å²) in [5.41, 5.74) is 3.73. The van der Waals surface area contributed by atoms with Crippen LogP contribution in [-0.2, 0) is 16.0 Å². The van der Waals surface area contributed by atoms with Crippen molar-refractivity contribution in [3.05, 3.63) is 70.2 Å². The summed E-state index contributed by atoms with van der Waals surface area (Å²) in [5, 5.41) is 44.7. The van der Waals surface area contributed by atoms with Crippen molar-refractivity contribution in [3.63, 3.8) is 0 Å². The van der Waals surface area contributed by atoms with Gasteiger partial charge in [-0.1, -0.05) is 18.2 Å². The lowest BCUT2D eigenvalue weighted by Gasteiger charge is -2.50. The minimum Gasteiger partial charge on any atom is -0.510 e. The number of allylic oxidation sites excluding steroid dienone is 1. The number of phenolic OH excluding ortho intramolecular Hbond substituents is 1. The van der Waals surface area contributed by atoms with Crippen LogP contribution < -0.4 is 10.5 Å². The van der Waals surface area contributed by atoms with Crippen molar-refractivity contribution in [3.8, 4) is 22.6 Å². The quantitative estimate of drug-likeness (QED) is 0.361. The second kappa shape index (κ2) is 9.25. The molecule has 0 unspecified atom stereocenters. The number of phenols is 1. The van der Waals surface area contributed by atoms with Crippen LogP contribution >= 0.6 is 0 Å². The molecule has 4 atom stereocenters. The third-order valence-corrected chi connectivity index (χ3v) is 8.08. The monoisotopic (exact) mass is 534 g/mol. The van der Waals surface area contributed by atoms with E-state index in [1.54, 1.807) is 32.3 Å². The van der Waals surface area contributed by atoms with Crippen molar-refractivity contribution in [2.75, 3.05) is 20.7 Å². The summed E-state index contributed by atoms with van der Waals surface area (Å²) in [5.74, 6) is -6.04. The zero-order valence-corrected chi connectivity index (χ0v) is 21.8. The predicted octanol–water partition coefficient (Wildman–Crippen LogP) is 2.19. The third kappa shape index (κ3) is 3.74. The number of nitrogens with zero attached hydrogens (tertiary/aromatic N) is 1. The molecule has 2 aromatic rings. The van der Waals surface area contributed by atoms with Gasteiger partial charge in [-0.15, -0.1) is 0 Å². The number of rotatable bonds is 5. The van der Waals surface area contributed by atoms with Gasteiger partial charge in [-0.2, -0.15) is 0 Å². The summed E-state index contributed by atoms with van der Waals surface area (Å²) in [6.07, 6.45) is 0.246. The number of ketones is 2. The number of carbonyl (C=O) groups is 3. The third-order valence-electron chi connectivity index (χ3n) is 8.08. The molecule has 204 valence electrons. The Labute approximate surface area is 224 Å². The zero-order chi connectivity index (χ0) is 28.4. The van der Waals surface area contributed by atoms with Gasteiger partial charge in [0.2, 0.25) is 5.78 Å². The summed E-state index contributed by atoms with van der Waals surface area (Å²) in [4.78, 5) is 40.8. The fourth-order valence-electron chi connectivity index (χ4n) is 6.42. The van der Waals surface area contributed by atoms with Crippen LogP contribution in [0.15, 0.2) is 59.1 Å². The molecule has 0 fully saturated rings. The highest BCUT2D eigenvalue weighted by atomic mass is 16.5. The number of ether oxygens (including phenoxy) is 1. The highest BCUT2D eigenvalue weighted by Crippen LogP contribution is 2.53. The fraction of sp³-hybridized carbons (Fsp3) is 0.345. The van der Waals surface area contributed by atoms with Crippen LogP contribution in [0.4, 0.5) is 0 Å². The Bertz CT molecular complexity index is 1470. The molecule has 0 spiro atoms. The number of aliphatic hydroxyl groups excluding tert-OH is 2. The summed E-state index contributed by atoms with van der Waals surface area (Å²) in [7, 11) is 3.19. The lowest BCUT2D eigenvalue weighted by molar-refractivity contribution is -0.148. The average Bonchev–Trinajstić information content (AvgIpc) is 2.87. The Morgan fingerprint density at radius 3 is 2.36 bits per heavy atom. The van der Waals surface area contributed by atoms with E-state index in [1.165, 1.54) is 11.0 Å². The van der Waals surface area contributed by atoms with E-state index in [1.807, 2.05) is 19.1 Å². The number of likely N-dealkylation sites (N-methyl/N-ethyl adjacent to an activating group) is 1. The molecule has 0 saturated heterocycles. The largest absolute Gasteiger partial charge is 0.510 e. The topological polar surface area (TPSA) is 171 Å². The molecule has 1 amide bonds. The molecular weight excluding hydrogens is 504 g/mol. The van der Waals surface area contributed by atoms with E-state index in [9.17, 15) is 34.8 Å². The van der Waals surface area contributed by atoms with Crippen molar-refractivity contribution in [1.82, 2.24) is 4.90 Å². The lowest BCUT2D eigenvalue weighted by Crippen LogP contribution is -2.63. The predicted molar refractivity (Wildman–Crippen MR) is 140 cm³/mol. The second-order valence-corrected chi connectivity index (χ2v) is 10.4. The first kappa shape index (κ1) is 26.5. The fourth-order valence-corrected chi connectivity index (χ4v) is 6.42. The van der Waals surface area contributed by atoms with Crippen LogP contribution in [0, 0.1) is 11.8 Å². The standard InChI is InChI=1S/C29H30N2O8/c1-4-39-15-7-5-13(6-8-15)16-9-10-19(32)21-17(16)11-14-12-18-23(31(2)3)25(34)22(28(30)37)27(36)29(18,38)26(35)20(14)24(21)33/h5-10,14,18,23,32,34-35,38H,4,11-12H2,1-3H3,(H2,30,37)/t14-,18+,23-,29+/m0/s1. The maximum Gasteiger partial charge on any atom is 0.255 e. The van der Waals surface area contributed by atoms with Crippen molar-refractivity contribution >= 4 is 17.5 Å². The number of hydrogen-bond acceptors (Lipinski definition) is 9. The molecule has 6 N–H and O–H groups in total. The number of hydrogen-bond donors (Lipinski definition) is 5. The van der Waals surface area contributed by atoms with E-state index < -0.39 is 58.0 Å². The Morgan fingerprint density at radius 2 is 1.77 bits per heavy atom. The highest BCUT2D eigenvalue weighted by molar-refractivity contribution is 6.24. The first-order chi connectivity index (χ1) is 18.4. The Hall–Kier alpha value is -4.15. The molecule has 5 rings (SSSR count). The number of fused-ring (bicyclic) bond motifs is 3. The normalized spacial score (nSPS) is 26.3. The van der Waals surface area contributed by atoms with Gasteiger partial charge in [-0.25, -0.2) is 0 Å². The van der Waals surface area contributed by atoms with Gasteiger partial charge < -0.3 is 30.9 Å². The van der Waals surface area contributed by atoms with Crippen LogP contribution in [0.1, 0.15) is 29.3 Å². The summed E-state index contributed by atoms with van der Waals surface area (Å²) >= 11 is 0. The average molecular weight is 535 g/mol. The second-order valence-electron chi connectivity index (χ2n) is 10.4. The van der Waals surface area contributed by atoms with Gasteiger partial charge >= 0.3 is 0 Å². The molecule has 0 bridgehead atoms. The van der Waals surface area contributed by atoms with E-state index in [-0.39, 0.29) is 29.7 Å². The molecule has 3 aliphatic rings. The van der Waals surface area contributed by atoms with Gasteiger partial charge in [-0.05, 0) is 74.7 Å². The maximum absolute atomic E-state index is 13.8. The van der Waals surface area contributed by atoms with Gasteiger partial charge in [0.05, 0.1) is 18.2 Å². The van der Waals surface area contributed by atoms with Crippen LogP contribution in [0.5, 0.6) is 11.5 Å². The minimum atomic E-state index is -2.66. The number of amides is 1. The Kier molecular flexibility index (Phi) is 6.27. The molecule has 10 heteroatoms. The molecule has 3 aliphatic carbocycles. The molecule has 10 nitrogen and oxygen atoms in total. The van der Waals surface area contributed by atoms with Crippen molar-refractivity contribution in [1.29, 1.82) is 0 Å². The summed E-state index contributed by atoms with van der Waals surface area (Å²) < 4.78 is 5.52. The van der Waals surface area contributed by atoms with E-state index in [0.717, 1.165) is 5.56 Å². The SMILES string of the molecule is CCOc1ccc(-c2ccc(O)c3c2C[C@H]2C[C@@H]4[C@H](N(C)C)C(O)=C(C(N)=O)C(=O)[C@]4(O)C(O)=C2C3=O)cc1. The van der Waals surface area contributed by atoms with Gasteiger partial charge in [0.1, 0.15) is 28.6 Å². The van der Waals surface area contributed by atoms with Crippen molar-refractivity contribution in [2.24, 2.45) is 17.6 Å². The first-order valence-corrected chi connectivity index (χ1v) is 12.7. The van der Waals surface area contributed by atoms with Crippen LogP contribution in [0.25, 0.3) is 11.1 Å². The molecule has 0 aromatic heterocycles. The smallest absolute Gasteiger partial charge is 0.255 e. The maximum atomic E-state index is 13.8. The van der Waals surface area contributed by atoms with E-state index in [0.29, 0.717) is 23.5 Å². The Morgan fingerprint density at radius 1 is 1.10 bits per heavy atom. The first-order valence-electron chi connectivity index (χ1n) is 12.7. The summed E-state index contributed by atoms with van der Waals surface area (Å²) in [6.45, 7) is 2.39. The number of primary amides is 1. The van der Waals surface area contributed by atoms with Crippen LogP contribution in [0.2, 0.25) is 0 Å². The molecule has 0 aliphatic heterocycles. The van der Waals surface area contributed by atoms with E-state index in [4.69, 9.17) is 10.5 Å². The lowest BCUT2D eigenvalue weighted by atomic mass is 9.58. The van der Waals surface area contributed by atoms with Gasteiger partial charge in [-0.3, -0.25) is 19.3 Å². The number of aromatic hydroxyl groups is 1. The summed E-state index contributed by atoms with van der Waals surface area (Å²) in [6, 6.07) is 9.38. The number of nitrogens with two attached hydrogens (primary N) is 1. The Balaban J connectivity index is 1.68. The number of benzene rings is 2.